The van der Waals surface area contributed by atoms with Gasteiger partial charge in [-0.15, -0.1) is 0 Å². The van der Waals surface area contributed by atoms with Crippen molar-refractivity contribution in [1.82, 2.24) is 0 Å². The average molecular weight is 212 g/mol. The van der Waals surface area contributed by atoms with E-state index in [4.69, 9.17) is 4.55 Å². The summed E-state index contributed by atoms with van der Waals surface area (Å²) in [6, 6.07) is 4.77. The Morgan fingerprint density at radius 3 is 2.50 bits per heavy atom. The molecule has 0 aromatic heterocycles. The van der Waals surface area contributed by atoms with Crippen LogP contribution in [0.1, 0.15) is 29.9 Å². The van der Waals surface area contributed by atoms with E-state index in [2.05, 4.69) is 0 Å². The first kappa shape index (κ1) is 9.68. The van der Waals surface area contributed by atoms with Crippen molar-refractivity contribution >= 4 is 10.1 Å². The minimum atomic E-state index is -4.05. The molecule has 0 bridgehead atoms. The van der Waals surface area contributed by atoms with Gasteiger partial charge in [0.15, 0.2) is 0 Å². The lowest BCUT2D eigenvalue weighted by Crippen LogP contribution is -1.99. The fourth-order valence-electron chi connectivity index (χ4n) is 1.61. The Labute approximate surface area is 83.5 Å². The van der Waals surface area contributed by atoms with E-state index in [-0.39, 0.29) is 4.90 Å². The van der Waals surface area contributed by atoms with Gasteiger partial charge in [0.05, 0.1) is 4.90 Å². The summed E-state index contributed by atoms with van der Waals surface area (Å²) < 4.78 is 30.7. The highest BCUT2D eigenvalue weighted by atomic mass is 32.2. The Hall–Kier alpha value is -0.870. The van der Waals surface area contributed by atoms with Gasteiger partial charge in [0.2, 0.25) is 0 Å². The van der Waals surface area contributed by atoms with E-state index in [1.807, 2.05) is 6.92 Å². The molecule has 1 aromatic carbocycles. The zero-order chi connectivity index (χ0) is 10.3. The first-order valence-electron chi connectivity index (χ1n) is 4.56. The highest BCUT2D eigenvalue weighted by molar-refractivity contribution is 7.85. The van der Waals surface area contributed by atoms with Gasteiger partial charge in [-0.2, -0.15) is 8.42 Å². The molecule has 1 fully saturated rings. The summed E-state index contributed by atoms with van der Waals surface area (Å²) in [7, 11) is -4.05. The second-order valence-corrected chi connectivity index (χ2v) is 5.19. The largest absolute Gasteiger partial charge is 0.294 e. The van der Waals surface area contributed by atoms with Gasteiger partial charge in [-0.25, -0.2) is 0 Å². The molecule has 0 spiro atoms. The zero-order valence-electron chi connectivity index (χ0n) is 7.90. The van der Waals surface area contributed by atoms with Gasteiger partial charge in [-0.1, -0.05) is 6.07 Å². The second kappa shape index (κ2) is 3.07. The van der Waals surface area contributed by atoms with Gasteiger partial charge in [-0.05, 0) is 48.9 Å². The molecule has 2 rings (SSSR count). The van der Waals surface area contributed by atoms with Crippen molar-refractivity contribution in [1.29, 1.82) is 0 Å². The average Bonchev–Trinajstić information content (AvgIpc) is 2.85. The van der Waals surface area contributed by atoms with Crippen LogP contribution in [0.5, 0.6) is 0 Å². The summed E-state index contributed by atoms with van der Waals surface area (Å²) in [5.74, 6) is 0.497. The number of aryl methyl sites for hydroxylation is 1. The smallest absolute Gasteiger partial charge is 0.282 e. The van der Waals surface area contributed by atoms with E-state index in [1.54, 1.807) is 12.1 Å². The van der Waals surface area contributed by atoms with E-state index in [0.29, 0.717) is 5.92 Å². The third-order valence-corrected chi connectivity index (χ3v) is 3.42. The first-order chi connectivity index (χ1) is 6.48. The van der Waals surface area contributed by atoms with Crippen molar-refractivity contribution in [2.24, 2.45) is 0 Å². The summed E-state index contributed by atoms with van der Waals surface area (Å²) in [6.07, 6.45) is 2.24. The summed E-state index contributed by atoms with van der Waals surface area (Å²) in [5, 5.41) is 0. The van der Waals surface area contributed by atoms with Crippen LogP contribution < -0.4 is 0 Å². The third kappa shape index (κ3) is 1.81. The predicted octanol–water partition coefficient (Wildman–Crippen LogP) is 2.12. The van der Waals surface area contributed by atoms with Crippen LogP contribution in [0, 0.1) is 6.92 Å². The summed E-state index contributed by atoms with van der Waals surface area (Å²) in [4.78, 5) is 0.00463. The topological polar surface area (TPSA) is 54.4 Å². The molecule has 4 heteroatoms. The van der Waals surface area contributed by atoms with E-state index in [9.17, 15) is 8.42 Å². The van der Waals surface area contributed by atoms with E-state index in [0.717, 1.165) is 24.0 Å². The molecule has 0 amide bonds. The Morgan fingerprint density at radius 1 is 1.36 bits per heavy atom. The quantitative estimate of drug-likeness (QED) is 0.764. The Kier molecular flexibility index (Phi) is 2.12. The maximum atomic E-state index is 10.9. The maximum absolute atomic E-state index is 10.9. The summed E-state index contributed by atoms with van der Waals surface area (Å²) in [6.45, 7) is 1.96. The highest BCUT2D eigenvalue weighted by Crippen LogP contribution is 2.42. The normalized spacial score (nSPS) is 17.0. The van der Waals surface area contributed by atoms with Crippen LogP contribution in [0.25, 0.3) is 0 Å². The van der Waals surface area contributed by atoms with Crippen LogP contribution in [0.15, 0.2) is 23.1 Å². The van der Waals surface area contributed by atoms with Crippen molar-refractivity contribution in [3.05, 3.63) is 29.3 Å². The zero-order valence-corrected chi connectivity index (χ0v) is 8.71. The van der Waals surface area contributed by atoms with Gasteiger partial charge in [0.1, 0.15) is 0 Å². The molecule has 1 saturated carbocycles. The fourth-order valence-corrected chi connectivity index (χ4v) is 2.13. The van der Waals surface area contributed by atoms with E-state index in [1.165, 1.54) is 6.07 Å². The second-order valence-electron chi connectivity index (χ2n) is 3.77. The summed E-state index contributed by atoms with van der Waals surface area (Å²) in [5.41, 5.74) is 2.15. The molecule has 1 N–H and O–H groups in total. The third-order valence-electron chi connectivity index (χ3n) is 2.57. The van der Waals surface area contributed by atoms with Crippen molar-refractivity contribution in [3.63, 3.8) is 0 Å². The number of hydrogen-bond donors (Lipinski definition) is 1. The van der Waals surface area contributed by atoms with Gasteiger partial charge < -0.3 is 0 Å². The lowest BCUT2D eigenvalue weighted by molar-refractivity contribution is 0.483. The Bertz CT molecular complexity index is 458. The van der Waals surface area contributed by atoms with Crippen molar-refractivity contribution in [2.45, 2.75) is 30.6 Å². The van der Waals surface area contributed by atoms with Gasteiger partial charge in [0, 0.05) is 0 Å². The van der Waals surface area contributed by atoms with Crippen LogP contribution >= 0.6 is 0 Å². The molecule has 0 aliphatic heterocycles. The number of hydrogen-bond acceptors (Lipinski definition) is 2. The van der Waals surface area contributed by atoms with Crippen LogP contribution in [-0.4, -0.2) is 13.0 Å². The number of benzene rings is 1. The number of rotatable bonds is 2. The lowest BCUT2D eigenvalue weighted by Gasteiger charge is -2.05. The molecule has 1 aliphatic carbocycles. The minimum Gasteiger partial charge on any atom is -0.282 e. The molecular formula is C10H12O3S. The van der Waals surface area contributed by atoms with Crippen LogP contribution in [-0.2, 0) is 10.1 Å². The molecule has 0 unspecified atom stereocenters. The highest BCUT2D eigenvalue weighted by Gasteiger charge is 2.26. The SMILES string of the molecule is Cc1ccc(S(=O)(=O)O)cc1C1CC1. The molecule has 0 heterocycles. The molecule has 0 radical (unpaired) electrons. The molecular weight excluding hydrogens is 200 g/mol. The van der Waals surface area contributed by atoms with Crippen molar-refractivity contribution in [3.8, 4) is 0 Å². The van der Waals surface area contributed by atoms with Crippen molar-refractivity contribution < 1.29 is 13.0 Å². The molecule has 1 aliphatic rings. The Balaban J connectivity index is 2.51. The van der Waals surface area contributed by atoms with Gasteiger partial charge in [0.25, 0.3) is 10.1 Å². The molecule has 3 nitrogen and oxygen atoms in total. The Morgan fingerprint density at radius 2 is 2.00 bits per heavy atom. The van der Waals surface area contributed by atoms with E-state index < -0.39 is 10.1 Å². The monoisotopic (exact) mass is 212 g/mol. The van der Waals surface area contributed by atoms with Crippen LogP contribution in [0.4, 0.5) is 0 Å². The summed E-state index contributed by atoms with van der Waals surface area (Å²) >= 11 is 0. The van der Waals surface area contributed by atoms with Gasteiger partial charge >= 0.3 is 0 Å². The lowest BCUT2D eigenvalue weighted by atomic mass is 10.1. The maximum Gasteiger partial charge on any atom is 0.294 e. The molecule has 76 valence electrons. The van der Waals surface area contributed by atoms with Crippen LogP contribution in [0.3, 0.4) is 0 Å². The molecule has 0 atom stereocenters. The van der Waals surface area contributed by atoms with Crippen LogP contribution in [0.2, 0.25) is 0 Å². The molecule has 14 heavy (non-hydrogen) atoms. The molecule has 0 saturated heterocycles. The van der Waals surface area contributed by atoms with Crippen molar-refractivity contribution in [2.75, 3.05) is 0 Å². The minimum absolute atomic E-state index is 0.00463. The first-order valence-corrected chi connectivity index (χ1v) is 6.00. The van der Waals surface area contributed by atoms with Gasteiger partial charge in [-0.3, -0.25) is 4.55 Å². The molecule has 1 aromatic rings. The van der Waals surface area contributed by atoms with E-state index >= 15 is 0 Å². The fraction of sp³-hybridized carbons (Fsp3) is 0.400. The predicted molar refractivity (Wildman–Crippen MR) is 53.0 cm³/mol. The standard InChI is InChI=1S/C10H12O3S/c1-7-2-5-9(14(11,12)13)6-10(7)8-3-4-8/h2,5-6,8H,3-4H2,1H3,(H,11,12,13).